The summed E-state index contributed by atoms with van der Waals surface area (Å²) in [6.45, 7) is 2.44. The largest absolute Gasteiger partial charge is 0.493 e. The van der Waals surface area contributed by atoms with Gasteiger partial charge in [0.25, 0.3) is 5.91 Å². The van der Waals surface area contributed by atoms with Gasteiger partial charge in [-0.2, -0.15) is 5.10 Å². The Bertz CT molecular complexity index is 1250. The SMILES string of the molecule is CCOc1cc(C(=O)N(C)Cc2cc(F)cc3cn[nH]c23)ccc1-c1cccc(F)c1. The molecule has 0 unspecified atom stereocenters. The van der Waals surface area contributed by atoms with Crippen LogP contribution in [0.25, 0.3) is 22.0 Å². The average molecular weight is 421 g/mol. The number of aromatic amines is 1. The number of aromatic nitrogens is 2. The molecule has 1 N–H and O–H groups in total. The summed E-state index contributed by atoms with van der Waals surface area (Å²) in [5, 5.41) is 7.45. The van der Waals surface area contributed by atoms with Crippen molar-refractivity contribution in [1.29, 1.82) is 0 Å². The zero-order valence-electron chi connectivity index (χ0n) is 17.2. The minimum atomic E-state index is -0.386. The molecule has 0 saturated carbocycles. The van der Waals surface area contributed by atoms with Crippen molar-refractivity contribution >= 4 is 16.8 Å². The van der Waals surface area contributed by atoms with Crippen LogP contribution in [-0.4, -0.2) is 34.7 Å². The Hall–Kier alpha value is -3.74. The van der Waals surface area contributed by atoms with E-state index in [0.29, 0.717) is 45.5 Å². The molecular weight excluding hydrogens is 400 g/mol. The zero-order valence-corrected chi connectivity index (χ0v) is 17.2. The molecule has 0 fully saturated rings. The fourth-order valence-corrected chi connectivity index (χ4v) is 3.59. The lowest BCUT2D eigenvalue weighted by Gasteiger charge is -2.19. The summed E-state index contributed by atoms with van der Waals surface area (Å²) < 4.78 is 33.3. The number of ether oxygens (including phenoxy) is 1. The van der Waals surface area contributed by atoms with Crippen LogP contribution in [0.2, 0.25) is 0 Å². The first kappa shape index (κ1) is 20.5. The van der Waals surface area contributed by atoms with E-state index in [1.807, 2.05) is 6.92 Å². The molecule has 31 heavy (non-hydrogen) atoms. The first-order valence-electron chi connectivity index (χ1n) is 9.86. The van der Waals surface area contributed by atoms with Crippen molar-refractivity contribution in [1.82, 2.24) is 15.1 Å². The van der Waals surface area contributed by atoms with E-state index < -0.39 is 0 Å². The number of hydrogen-bond acceptors (Lipinski definition) is 3. The number of carbonyl (C=O) groups is 1. The molecule has 5 nitrogen and oxygen atoms in total. The van der Waals surface area contributed by atoms with Gasteiger partial charge in [0.2, 0.25) is 0 Å². The van der Waals surface area contributed by atoms with E-state index in [0.717, 1.165) is 0 Å². The molecule has 1 heterocycles. The van der Waals surface area contributed by atoms with Crippen LogP contribution in [0.3, 0.4) is 0 Å². The highest BCUT2D eigenvalue weighted by Crippen LogP contribution is 2.32. The molecule has 0 radical (unpaired) electrons. The lowest BCUT2D eigenvalue weighted by molar-refractivity contribution is 0.0785. The van der Waals surface area contributed by atoms with E-state index in [1.54, 1.807) is 43.6 Å². The van der Waals surface area contributed by atoms with Gasteiger partial charge in [0, 0.05) is 35.7 Å². The Morgan fingerprint density at radius 3 is 2.71 bits per heavy atom. The molecule has 0 spiro atoms. The third-order valence-corrected chi connectivity index (χ3v) is 5.01. The van der Waals surface area contributed by atoms with E-state index in [1.165, 1.54) is 29.2 Å². The Morgan fingerprint density at radius 2 is 1.94 bits per heavy atom. The first-order chi connectivity index (χ1) is 15.0. The summed E-state index contributed by atoms with van der Waals surface area (Å²) in [5.74, 6) is -0.486. The monoisotopic (exact) mass is 421 g/mol. The maximum Gasteiger partial charge on any atom is 0.254 e. The number of amides is 1. The van der Waals surface area contributed by atoms with Crippen molar-refractivity contribution in [3.05, 3.63) is 83.6 Å². The van der Waals surface area contributed by atoms with Crippen LogP contribution in [0.15, 0.2) is 60.8 Å². The summed E-state index contributed by atoms with van der Waals surface area (Å²) >= 11 is 0. The molecule has 4 rings (SSSR count). The van der Waals surface area contributed by atoms with Crippen molar-refractivity contribution in [2.24, 2.45) is 0 Å². The average Bonchev–Trinajstić information content (AvgIpc) is 3.22. The van der Waals surface area contributed by atoms with Crippen LogP contribution >= 0.6 is 0 Å². The van der Waals surface area contributed by atoms with Crippen molar-refractivity contribution < 1.29 is 18.3 Å². The molecule has 0 aliphatic carbocycles. The maximum atomic E-state index is 13.9. The van der Waals surface area contributed by atoms with Crippen LogP contribution in [-0.2, 0) is 6.54 Å². The number of hydrogen-bond donors (Lipinski definition) is 1. The second-order valence-corrected chi connectivity index (χ2v) is 7.21. The lowest BCUT2D eigenvalue weighted by atomic mass is 10.0. The Balaban J connectivity index is 1.63. The summed E-state index contributed by atoms with van der Waals surface area (Å²) in [7, 11) is 1.65. The predicted octanol–water partition coefficient (Wildman–Crippen LogP) is 5.18. The quantitative estimate of drug-likeness (QED) is 0.467. The van der Waals surface area contributed by atoms with Gasteiger partial charge >= 0.3 is 0 Å². The van der Waals surface area contributed by atoms with E-state index >= 15 is 0 Å². The second kappa shape index (κ2) is 8.55. The molecule has 1 amide bonds. The Morgan fingerprint density at radius 1 is 1.10 bits per heavy atom. The molecule has 0 atom stereocenters. The van der Waals surface area contributed by atoms with Gasteiger partial charge in [0.05, 0.1) is 18.3 Å². The molecule has 1 aromatic heterocycles. The third kappa shape index (κ3) is 4.26. The van der Waals surface area contributed by atoms with Gasteiger partial charge in [-0.1, -0.05) is 12.1 Å². The fourth-order valence-electron chi connectivity index (χ4n) is 3.59. The number of H-pyrrole nitrogens is 1. The minimum absolute atomic E-state index is 0.199. The van der Waals surface area contributed by atoms with Crippen molar-refractivity contribution in [3.8, 4) is 16.9 Å². The van der Waals surface area contributed by atoms with Gasteiger partial charge in [-0.15, -0.1) is 0 Å². The van der Waals surface area contributed by atoms with Crippen LogP contribution in [0.4, 0.5) is 8.78 Å². The molecule has 7 heteroatoms. The van der Waals surface area contributed by atoms with E-state index in [2.05, 4.69) is 10.2 Å². The molecule has 4 aromatic rings. The number of benzene rings is 3. The highest BCUT2D eigenvalue weighted by molar-refractivity contribution is 5.95. The molecule has 0 aliphatic rings. The maximum absolute atomic E-state index is 13.9. The van der Waals surface area contributed by atoms with E-state index in [-0.39, 0.29) is 24.1 Å². The van der Waals surface area contributed by atoms with Crippen LogP contribution < -0.4 is 4.74 Å². The predicted molar refractivity (Wildman–Crippen MR) is 115 cm³/mol. The standard InChI is InChI=1S/C24H21F2N3O2/c1-3-31-22-12-16(7-8-21(22)15-5-4-6-19(25)9-15)24(30)29(2)14-18-11-20(26)10-17-13-27-28-23(17)18/h4-13H,3,14H2,1-2H3,(H,27,28). The molecule has 0 aliphatic heterocycles. The number of carbonyl (C=O) groups excluding carboxylic acids is 1. The summed E-state index contributed by atoms with van der Waals surface area (Å²) in [6, 6.07) is 14.1. The molecule has 0 saturated heterocycles. The van der Waals surface area contributed by atoms with Gasteiger partial charge < -0.3 is 9.64 Å². The van der Waals surface area contributed by atoms with E-state index in [9.17, 15) is 13.6 Å². The normalized spacial score (nSPS) is 11.0. The smallest absolute Gasteiger partial charge is 0.254 e. The molecule has 3 aromatic carbocycles. The number of rotatable bonds is 6. The van der Waals surface area contributed by atoms with Gasteiger partial charge in [-0.05, 0) is 55.0 Å². The molecule has 0 bridgehead atoms. The third-order valence-electron chi connectivity index (χ3n) is 5.01. The Labute approximate surface area is 178 Å². The van der Waals surface area contributed by atoms with Gasteiger partial charge in [-0.25, -0.2) is 8.78 Å². The summed E-state index contributed by atoms with van der Waals surface area (Å²) in [5.41, 5.74) is 3.10. The van der Waals surface area contributed by atoms with Crippen molar-refractivity contribution in [2.75, 3.05) is 13.7 Å². The zero-order chi connectivity index (χ0) is 22.0. The van der Waals surface area contributed by atoms with Crippen molar-refractivity contribution in [2.45, 2.75) is 13.5 Å². The molecular formula is C24H21F2N3O2. The lowest BCUT2D eigenvalue weighted by Crippen LogP contribution is -2.26. The minimum Gasteiger partial charge on any atom is -0.493 e. The number of halogens is 2. The van der Waals surface area contributed by atoms with E-state index in [4.69, 9.17) is 4.74 Å². The van der Waals surface area contributed by atoms with Crippen LogP contribution in [0.5, 0.6) is 5.75 Å². The van der Waals surface area contributed by atoms with Gasteiger partial charge in [-0.3, -0.25) is 9.89 Å². The molecule has 158 valence electrons. The highest BCUT2D eigenvalue weighted by atomic mass is 19.1. The number of nitrogens with one attached hydrogen (secondary N) is 1. The van der Waals surface area contributed by atoms with Crippen molar-refractivity contribution in [3.63, 3.8) is 0 Å². The van der Waals surface area contributed by atoms with Crippen LogP contribution in [0.1, 0.15) is 22.8 Å². The first-order valence-corrected chi connectivity index (χ1v) is 9.86. The summed E-state index contributed by atoms with van der Waals surface area (Å²) in [4.78, 5) is 14.6. The Kier molecular flexibility index (Phi) is 5.66. The second-order valence-electron chi connectivity index (χ2n) is 7.21. The topological polar surface area (TPSA) is 58.2 Å². The van der Waals surface area contributed by atoms with Gasteiger partial charge in [0.1, 0.15) is 17.4 Å². The highest BCUT2D eigenvalue weighted by Gasteiger charge is 2.17. The van der Waals surface area contributed by atoms with Gasteiger partial charge in [0.15, 0.2) is 0 Å². The fraction of sp³-hybridized carbons (Fsp3) is 0.167. The summed E-state index contributed by atoms with van der Waals surface area (Å²) in [6.07, 6.45) is 1.54. The number of nitrogens with zero attached hydrogens (tertiary/aromatic N) is 2. The number of fused-ring (bicyclic) bond motifs is 1. The van der Waals surface area contributed by atoms with Crippen LogP contribution in [0, 0.1) is 11.6 Å².